The first-order chi connectivity index (χ1) is 14.6. The molecule has 2 aromatic carbocycles. The minimum atomic E-state index is -0.425. The Hall–Kier alpha value is -2.97. The van der Waals surface area contributed by atoms with Gasteiger partial charge < -0.3 is 20.7 Å². The molecule has 0 aromatic heterocycles. The van der Waals surface area contributed by atoms with E-state index in [9.17, 15) is 13.6 Å². The first-order valence-electron chi connectivity index (χ1n) is 10.0. The molecule has 158 valence electrons. The van der Waals surface area contributed by atoms with Gasteiger partial charge in [0.2, 0.25) is 0 Å². The van der Waals surface area contributed by atoms with Crippen LogP contribution in [0.25, 0.3) is 5.57 Å². The molecule has 2 heterocycles. The van der Waals surface area contributed by atoms with Crippen molar-refractivity contribution < 1.29 is 18.3 Å². The van der Waals surface area contributed by atoms with Gasteiger partial charge in [-0.2, -0.15) is 0 Å². The maximum absolute atomic E-state index is 14.4. The van der Waals surface area contributed by atoms with Gasteiger partial charge in [-0.25, -0.2) is 8.78 Å². The summed E-state index contributed by atoms with van der Waals surface area (Å²) in [5.74, 6) is -1.14. The van der Waals surface area contributed by atoms with Crippen molar-refractivity contribution in [2.24, 2.45) is 0 Å². The molecule has 0 radical (unpaired) electrons. The summed E-state index contributed by atoms with van der Waals surface area (Å²) in [6.45, 7) is 5.06. The van der Waals surface area contributed by atoms with Crippen LogP contribution in [0.3, 0.4) is 0 Å². The topological polar surface area (TPSA) is 65.6 Å². The van der Waals surface area contributed by atoms with Crippen LogP contribution in [0, 0.1) is 11.6 Å². The summed E-state index contributed by atoms with van der Waals surface area (Å²) in [5.41, 5.74) is 2.26. The Morgan fingerprint density at radius 3 is 2.77 bits per heavy atom. The highest BCUT2D eigenvalue weighted by Crippen LogP contribution is 2.32. The molecule has 8 heteroatoms. The maximum atomic E-state index is 14.4. The number of hydrogen-bond acceptors (Lipinski definition) is 5. The predicted octanol–water partition coefficient (Wildman–Crippen LogP) is 3.50. The summed E-state index contributed by atoms with van der Waals surface area (Å²) >= 11 is 0. The summed E-state index contributed by atoms with van der Waals surface area (Å²) in [7, 11) is 0. The van der Waals surface area contributed by atoms with Crippen molar-refractivity contribution in [1.82, 2.24) is 4.90 Å². The Morgan fingerprint density at radius 2 is 1.97 bits per heavy atom. The van der Waals surface area contributed by atoms with Gasteiger partial charge >= 0.3 is 0 Å². The molecule has 0 atom stereocenters. The number of carbonyl (C=O) groups excluding carboxylic acids is 1. The van der Waals surface area contributed by atoms with E-state index >= 15 is 0 Å². The fraction of sp³-hybridized carbons (Fsp3) is 0.318. The van der Waals surface area contributed by atoms with Gasteiger partial charge in [0.1, 0.15) is 11.6 Å². The number of benzene rings is 2. The third kappa shape index (κ3) is 4.77. The van der Waals surface area contributed by atoms with Crippen molar-refractivity contribution in [2.75, 3.05) is 55.3 Å². The van der Waals surface area contributed by atoms with Gasteiger partial charge in [-0.15, -0.1) is 0 Å². The van der Waals surface area contributed by atoms with Crippen LogP contribution >= 0.6 is 0 Å². The van der Waals surface area contributed by atoms with Gasteiger partial charge in [0.15, 0.2) is 0 Å². The van der Waals surface area contributed by atoms with Crippen molar-refractivity contribution in [2.45, 2.75) is 6.42 Å². The van der Waals surface area contributed by atoms with E-state index in [1.807, 2.05) is 0 Å². The average molecular weight is 414 g/mol. The summed E-state index contributed by atoms with van der Waals surface area (Å²) in [6, 6.07) is 8.85. The number of nitrogens with zero attached hydrogens (tertiary/aromatic N) is 1. The molecule has 0 bridgehead atoms. The lowest BCUT2D eigenvalue weighted by Gasteiger charge is -2.26. The molecule has 6 nitrogen and oxygen atoms in total. The summed E-state index contributed by atoms with van der Waals surface area (Å²) in [5, 5.41) is 8.72. The lowest BCUT2D eigenvalue weighted by molar-refractivity contribution is -0.110. The molecule has 0 spiro atoms. The van der Waals surface area contributed by atoms with Gasteiger partial charge in [0.05, 0.1) is 24.5 Å². The molecule has 1 amide bonds. The van der Waals surface area contributed by atoms with E-state index in [4.69, 9.17) is 4.74 Å². The van der Waals surface area contributed by atoms with Gasteiger partial charge in [-0.05, 0) is 49.4 Å². The van der Waals surface area contributed by atoms with Crippen molar-refractivity contribution in [3.8, 4) is 0 Å². The first-order valence-corrected chi connectivity index (χ1v) is 10.0. The number of carbonyl (C=O) groups is 1. The van der Waals surface area contributed by atoms with Gasteiger partial charge in [0.25, 0.3) is 5.91 Å². The van der Waals surface area contributed by atoms with Gasteiger partial charge in [0, 0.05) is 42.8 Å². The summed E-state index contributed by atoms with van der Waals surface area (Å²) in [6.07, 6.45) is 2.38. The molecule has 2 aliphatic rings. The van der Waals surface area contributed by atoms with Gasteiger partial charge in [-0.3, -0.25) is 9.69 Å². The van der Waals surface area contributed by atoms with Crippen LogP contribution in [0.4, 0.5) is 25.8 Å². The van der Waals surface area contributed by atoms with E-state index in [1.54, 1.807) is 12.1 Å². The second-order valence-electron chi connectivity index (χ2n) is 7.28. The van der Waals surface area contributed by atoms with Crippen molar-refractivity contribution in [3.05, 3.63) is 59.8 Å². The third-order valence-electron chi connectivity index (χ3n) is 5.19. The van der Waals surface area contributed by atoms with E-state index in [1.165, 1.54) is 30.5 Å². The van der Waals surface area contributed by atoms with Crippen molar-refractivity contribution in [3.63, 3.8) is 0 Å². The van der Waals surface area contributed by atoms with Crippen LogP contribution in [-0.4, -0.2) is 50.2 Å². The molecule has 0 saturated carbocycles. The zero-order valence-corrected chi connectivity index (χ0v) is 16.5. The number of hydrogen-bond donors (Lipinski definition) is 3. The van der Waals surface area contributed by atoms with Crippen LogP contribution in [0.15, 0.2) is 42.6 Å². The molecule has 2 aromatic rings. The Morgan fingerprint density at radius 1 is 1.13 bits per heavy atom. The monoisotopic (exact) mass is 414 g/mol. The highest BCUT2D eigenvalue weighted by Gasteiger charge is 2.24. The molecule has 2 aliphatic heterocycles. The number of amides is 1. The largest absolute Gasteiger partial charge is 0.383 e. The Kier molecular flexibility index (Phi) is 6.25. The van der Waals surface area contributed by atoms with Crippen LogP contribution in [0.1, 0.15) is 12.0 Å². The quantitative estimate of drug-likeness (QED) is 0.478. The zero-order chi connectivity index (χ0) is 20.9. The maximum Gasteiger partial charge on any atom is 0.257 e. The molecule has 3 N–H and O–H groups in total. The molecular formula is C22H24F2N4O2. The average Bonchev–Trinajstić information content (AvgIpc) is 3.06. The SMILES string of the molecule is O=C1Nc2ccc(F)cc2/C1=C/Nc1ccc(NCCCN2CCOCC2)c(F)c1. The number of fused-ring (bicyclic) bond motifs is 1. The van der Waals surface area contributed by atoms with Crippen molar-refractivity contribution in [1.29, 1.82) is 0 Å². The fourth-order valence-corrected chi connectivity index (χ4v) is 3.56. The van der Waals surface area contributed by atoms with Crippen LogP contribution in [-0.2, 0) is 9.53 Å². The third-order valence-corrected chi connectivity index (χ3v) is 5.19. The van der Waals surface area contributed by atoms with E-state index in [0.717, 1.165) is 39.3 Å². The van der Waals surface area contributed by atoms with E-state index in [0.29, 0.717) is 34.7 Å². The van der Waals surface area contributed by atoms with E-state index < -0.39 is 5.82 Å². The smallest absolute Gasteiger partial charge is 0.257 e. The van der Waals surface area contributed by atoms with Crippen LogP contribution < -0.4 is 16.0 Å². The van der Waals surface area contributed by atoms with Crippen LogP contribution in [0.2, 0.25) is 0 Å². The minimum Gasteiger partial charge on any atom is -0.383 e. The Labute approximate surface area is 173 Å². The number of nitrogens with one attached hydrogen (secondary N) is 3. The predicted molar refractivity (Wildman–Crippen MR) is 113 cm³/mol. The second kappa shape index (κ2) is 9.23. The molecular weight excluding hydrogens is 390 g/mol. The molecule has 0 aliphatic carbocycles. The summed E-state index contributed by atoms with van der Waals surface area (Å²) in [4.78, 5) is 14.4. The van der Waals surface area contributed by atoms with E-state index in [-0.39, 0.29) is 11.7 Å². The standard InChI is InChI=1S/C22H24F2N4O2/c23-15-2-4-20-17(12-15)18(22(29)27-20)14-26-16-3-5-21(19(24)13-16)25-6-1-7-28-8-10-30-11-9-28/h2-5,12-14,25-26H,1,6-11H2,(H,27,29)/b18-14-. The highest BCUT2D eigenvalue weighted by atomic mass is 19.1. The minimum absolute atomic E-state index is 0.301. The number of anilines is 3. The van der Waals surface area contributed by atoms with Crippen molar-refractivity contribution >= 4 is 28.5 Å². The molecule has 0 unspecified atom stereocenters. The lowest BCUT2D eigenvalue weighted by atomic mass is 10.1. The molecule has 1 fully saturated rings. The lowest BCUT2D eigenvalue weighted by Crippen LogP contribution is -2.37. The highest BCUT2D eigenvalue weighted by molar-refractivity contribution is 6.31. The Balaban J connectivity index is 1.33. The summed E-state index contributed by atoms with van der Waals surface area (Å²) < 4.78 is 33.3. The molecule has 1 saturated heterocycles. The second-order valence-corrected chi connectivity index (χ2v) is 7.28. The normalized spacial score (nSPS) is 17.7. The first kappa shape index (κ1) is 20.3. The zero-order valence-electron chi connectivity index (χ0n) is 16.5. The van der Waals surface area contributed by atoms with E-state index in [2.05, 4.69) is 20.9 Å². The number of ether oxygens (including phenoxy) is 1. The number of rotatable bonds is 7. The number of halogens is 2. The molecule has 4 rings (SSSR count). The Bertz CT molecular complexity index is 958. The fourth-order valence-electron chi connectivity index (χ4n) is 3.56. The van der Waals surface area contributed by atoms with Crippen LogP contribution in [0.5, 0.6) is 0 Å². The van der Waals surface area contributed by atoms with Gasteiger partial charge in [-0.1, -0.05) is 0 Å². The molecule has 30 heavy (non-hydrogen) atoms. The number of morpholine rings is 1.